The zero-order chi connectivity index (χ0) is 13.8. The fourth-order valence-corrected chi connectivity index (χ4v) is 1.83. The fourth-order valence-electron chi connectivity index (χ4n) is 1.70. The highest BCUT2D eigenvalue weighted by Crippen LogP contribution is 2.16. The lowest BCUT2D eigenvalue weighted by Crippen LogP contribution is -2.15. The molecule has 0 aromatic heterocycles. The second-order valence-electron chi connectivity index (χ2n) is 4.33. The van der Waals surface area contributed by atoms with Gasteiger partial charge in [0.15, 0.2) is 0 Å². The van der Waals surface area contributed by atoms with Gasteiger partial charge in [-0.05, 0) is 42.3 Å². The summed E-state index contributed by atoms with van der Waals surface area (Å²) in [6, 6.07) is 11.7. The molecular weight excluding hydrogens is 265 g/mol. The van der Waals surface area contributed by atoms with Crippen LogP contribution in [0.1, 0.15) is 11.1 Å². The summed E-state index contributed by atoms with van der Waals surface area (Å²) in [7, 11) is 0. The Balaban J connectivity index is 2.03. The highest BCUT2D eigenvalue weighted by Gasteiger charge is 2.07. The second kappa shape index (κ2) is 5.85. The van der Waals surface area contributed by atoms with Crippen LogP contribution in [0.15, 0.2) is 42.5 Å². The number of carbonyl (C=O) groups is 1. The van der Waals surface area contributed by atoms with Crippen molar-refractivity contribution in [3.05, 3.63) is 64.4 Å². The predicted octanol–water partition coefficient (Wildman–Crippen LogP) is 3.97. The number of amides is 1. The van der Waals surface area contributed by atoms with Gasteiger partial charge in [-0.1, -0.05) is 29.8 Å². The summed E-state index contributed by atoms with van der Waals surface area (Å²) in [5, 5.41) is 3.17. The number of anilines is 1. The SMILES string of the molecule is Cc1ccc(NC(=O)Cc2ccc(Cl)cc2)c(F)c1. The van der Waals surface area contributed by atoms with E-state index in [0.29, 0.717) is 5.02 Å². The minimum atomic E-state index is -0.426. The molecule has 4 heteroatoms. The molecule has 19 heavy (non-hydrogen) atoms. The maximum atomic E-state index is 13.6. The highest BCUT2D eigenvalue weighted by molar-refractivity contribution is 6.30. The molecule has 98 valence electrons. The van der Waals surface area contributed by atoms with Gasteiger partial charge in [-0.15, -0.1) is 0 Å². The summed E-state index contributed by atoms with van der Waals surface area (Å²) in [5.74, 6) is -0.686. The Kier molecular flexibility index (Phi) is 4.17. The van der Waals surface area contributed by atoms with Crippen molar-refractivity contribution in [1.82, 2.24) is 0 Å². The Morgan fingerprint density at radius 3 is 2.53 bits per heavy atom. The largest absolute Gasteiger partial charge is 0.323 e. The molecule has 0 fully saturated rings. The van der Waals surface area contributed by atoms with E-state index in [1.165, 1.54) is 6.07 Å². The Bertz CT molecular complexity index is 596. The van der Waals surface area contributed by atoms with E-state index in [-0.39, 0.29) is 18.0 Å². The first-order valence-electron chi connectivity index (χ1n) is 5.85. The molecule has 0 heterocycles. The van der Waals surface area contributed by atoms with Crippen LogP contribution >= 0.6 is 11.6 Å². The smallest absolute Gasteiger partial charge is 0.228 e. The lowest BCUT2D eigenvalue weighted by Gasteiger charge is -2.07. The number of nitrogens with one attached hydrogen (secondary N) is 1. The van der Waals surface area contributed by atoms with E-state index in [0.717, 1.165) is 11.1 Å². The summed E-state index contributed by atoms with van der Waals surface area (Å²) in [6.45, 7) is 1.79. The van der Waals surface area contributed by atoms with Crippen molar-refractivity contribution in [3.63, 3.8) is 0 Å². The molecule has 0 saturated carbocycles. The Labute approximate surface area is 116 Å². The predicted molar refractivity (Wildman–Crippen MR) is 74.9 cm³/mol. The van der Waals surface area contributed by atoms with E-state index >= 15 is 0 Å². The summed E-state index contributed by atoms with van der Waals surface area (Å²) in [4.78, 5) is 11.8. The van der Waals surface area contributed by atoms with E-state index in [4.69, 9.17) is 11.6 Å². The number of aryl methyl sites for hydroxylation is 1. The maximum absolute atomic E-state index is 13.6. The first kappa shape index (κ1) is 13.6. The molecular formula is C15H13ClFNO. The van der Waals surface area contributed by atoms with Crippen molar-refractivity contribution in [2.24, 2.45) is 0 Å². The van der Waals surface area contributed by atoms with Gasteiger partial charge >= 0.3 is 0 Å². The molecule has 0 bridgehead atoms. The van der Waals surface area contributed by atoms with Crippen LogP contribution in [0.4, 0.5) is 10.1 Å². The van der Waals surface area contributed by atoms with Crippen molar-refractivity contribution < 1.29 is 9.18 Å². The number of hydrogen-bond acceptors (Lipinski definition) is 1. The van der Waals surface area contributed by atoms with Crippen LogP contribution in [-0.2, 0) is 11.2 Å². The summed E-state index contributed by atoms with van der Waals surface area (Å²) in [5.41, 5.74) is 1.84. The number of benzene rings is 2. The second-order valence-corrected chi connectivity index (χ2v) is 4.77. The van der Waals surface area contributed by atoms with Crippen LogP contribution < -0.4 is 5.32 Å². The first-order valence-corrected chi connectivity index (χ1v) is 6.23. The maximum Gasteiger partial charge on any atom is 0.228 e. The van der Waals surface area contributed by atoms with Crippen molar-refractivity contribution >= 4 is 23.2 Å². The van der Waals surface area contributed by atoms with E-state index in [2.05, 4.69) is 5.32 Å². The van der Waals surface area contributed by atoms with Crippen LogP contribution in [0.2, 0.25) is 5.02 Å². The van der Waals surface area contributed by atoms with Gasteiger partial charge in [0.2, 0.25) is 5.91 Å². The molecule has 0 atom stereocenters. The number of rotatable bonds is 3. The topological polar surface area (TPSA) is 29.1 Å². The molecule has 0 spiro atoms. The van der Waals surface area contributed by atoms with Crippen LogP contribution in [0.25, 0.3) is 0 Å². The van der Waals surface area contributed by atoms with E-state index in [1.807, 2.05) is 0 Å². The average Bonchev–Trinajstić information content (AvgIpc) is 2.36. The molecule has 0 aliphatic rings. The molecule has 0 aliphatic carbocycles. The zero-order valence-corrected chi connectivity index (χ0v) is 11.2. The Morgan fingerprint density at radius 2 is 1.89 bits per heavy atom. The van der Waals surface area contributed by atoms with Gasteiger partial charge in [0.1, 0.15) is 5.82 Å². The van der Waals surface area contributed by atoms with E-state index in [1.54, 1.807) is 43.3 Å². The van der Waals surface area contributed by atoms with Crippen LogP contribution in [0.5, 0.6) is 0 Å². The van der Waals surface area contributed by atoms with Gasteiger partial charge in [-0.2, -0.15) is 0 Å². The van der Waals surface area contributed by atoms with Gasteiger partial charge in [-0.25, -0.2) is 4.39 Å². The highest BCUT2D eigenvalue weighted by atomic mass is 35.5. The lowest BCUT2D eigenvalue weighted by atomic mass is 10.1. The molecule has 2 aromatic carbocycles. The molecule has 2 nitrogen and oxygen atoms in total. The Hall–Kier alpha value is -1.87. The van der Waals surface area contributed by atoms with Crippen molar-refractivity contribution in [1.29, 1.82) is 0 Å². The molecule has 1 N–H and O–H groups in total. The zero-order valence-electron chi connectivity index (χ0n) is 10.4. The van der Waals surface area contributed by atoms with Crippen LogP contribution in [0, 0.1) is 12.7 Å². The van der Waals surface area contributed by atoms with Crippen molar-refractivity contribution in [2.75, 3.05) is 5.32 Å². The molecule has 0 aliphatic heterocycles. The Morgan fingerprint density at radius 1 is 1.21 bits per heavy atom. The van der Waals surface area contributed by atoms with Gasteiger partial charge in [0, 0.05) is 5.02 Å². The minimum Gasteiger partial charge on any atom is -0.323 e. The number of hydrogen-bond donors (Lipinski definition) is 1. The van der Waals surface area contributed by atoms with Gasteiger partial charge in [0.25, 0.3) is 0 Å². The molecule has 2 rings (SSSR count). The first-order chi connectivity index (χ1) is 9.04. The number of halogens is 2. The van der Waals surface area contributed by atoms with Gasteiger partial charge in [0.05, 0.1) is 12.1 Å². The van der Waals surface area contributed by atoms with Crippen LogP contribution in [-0.4, -0.2) is 5.91 Å². The molecule has 1 amide bonds. The molecule has 2 aromatic rings. The standard InChI is InChI=1S/C15H13ClFNO/c1-10-2-7-14(13(17)8-10)18-15(19)9-11-3-5-12(16)6-4-11/h2-8H,9H2,1H3,(H,18,19). The molecule has 0 unspecified atom stereocenters. The quantitative estimate of drug-likeness (QED) is 0.904. The van der Waals surface area contributed by atoms with Crippen molar-refractivity contribution in [2.45, 2.75) is 13.3 Å². The van der Waals surface area contributed by atoms with E-state index in [9.17, 15) is 9.18 Å². The average molecular weight is 278 g/mol. The molecule has 0 saturated heterocycles. The number of carbonyl (C=O) groups excluding carboxylic acids is 1. The molecule has 0 radical (unpaired) electrons. The van der Waals surface area contributed by atoms with Gasteiger partial charge in [-0.3, -0.25) is 4.79 Å². The summed E-state index contributed by atoms with van der Waals surface area (Å²) >= 11 is 5.76. The lowest BCUT2D eigenvalue weighted by molar-refractivity contribution is -0.115. The third kappa shape index (κ3) is 3.80. The third-order valence-electron chi connectivity index (χ3n) is 2.68. The monoisotopic (exact) mass is 277 g/mol. The summed E-state index contributed by atoms with van der Waals surface area (Å²) in [6.07, 6.45) is 0.185. The van der Waals surface area contributed by atoms with E-state index < -0.39 is 5.82 Å². The van der Waals surface area contributed by atoms with Crippen LogP contribution in [0.3, 0.4) is 0 Å². The summed E-state index contributed by atoms with van der Waals surface area (Å²) < 4.78 is 13.6. The third-order valence-corrected chi connectivity index (χ3v) is 2.93. The van der Waals surface area contributed by atoms with Crippen molar-refractivity contribution in [3.8, 4) is 0 Å². The van der Waals surface area contributed by atoms with Gasteiger partial charge < -0.3 is 5.32 Å². The minimum absolute atomic E-state index is 0.185. The normalized spacial score (nSPS) is 10.3. The fraction of sp³-hybridized carbons (Fsp3) is 0.133.